The van der Waals surface area contributed by atoms with E-state index in [9.17, 15) is 4.79 Å². The van der Waals surface area contributed by atoms with Gasteiger partial charge in [-0.15, -0.1) is 0 Å². The Labute approximate surface area is 129 Å². The number of rotatable bonds is 7. The molecule has 4 heteroatoms. The van der Waals surface area contributed by atoms with Crippen LogP contribution < -0.4 is 5.32 Å². The molecule has 0 aromatic heterocycles. The van der Waals surface area contributed by atoms with Crippen molar-refractivity contribution in [2.75, 3.05) is 26.2 Å². The SMILES string of the molecule is CCOC(=O)C(C)(CCN1CC(C)CC(C)C1)NC1CC1. The molecule has 1 aliphatic carbocycles. The first-order valence-electron chi connectivity index (χ1n) is 8.60. The highest BCUT2D eigenvalue weighted by atomic mass is 16.5. The first-order valence-corrected chi connectivity index (χ1v) is 8.60. The van der Waals surface area contributed by atoms with Gasteiger partial charge >= 0.3 is 5.97 Å². The quantitative estimate of drug-likeness (QED) is 0.733. The van der Waals surface area contributed by atoms with E-state index in [0.29, 0.717) is 12.6 Å². The number of likely N-dealkylation sites (tertiary alicyclic amines) is 1. The van der Waals surface area contributed by atoms with E-state index in [4.69, 9.17) is 4.74 Å². The van der Waals surface area contributed by atoms with Crippen molar-refractivity contribution in [3.05, 3.63) is 0 Å². The molecule has 122 valence electrons. The smallest absolute Gasteiger partial charge is 0.326 e. The Morgan fingerprint density at radius 3 is 2.43 bits per heavy atom. The zero-order valence-electron chi connectivity index (χ0n) is 14.2. The molecule has 1 saturated carbocycles. The van der Waals surface area contributed by atoms with E-state index in [1.165, 1.54) is 19.3 Å². The van der Waals surface area contributed by atoms with Crippen LogP contribution in [0, 0.1) is 11.8 Å². The van der Waals surface area contributed by atoms with Crippen molar-refractivity contribution in [2.45, 2.75) is 65.0 Å². The predicted octanol–water partition coefficient (Wildman–Crippen LogP) is 2.43. The molecule has 2 aliphatic rings. The van der Waals surface area contributed by atoms with Gasteiger partial charge in [-0.25, -0.2) is 0 Å². The first-order chi connectivity index (χ1) is 9.93. The van der Waals surface area contributed by atoms with Gasteiger partial charge in [0.15, 0.2) is 0 Å². The first kappa shape index (κ1) is 16.8. The molecule has 0 radical (unpaired) electrons. The van der Waals surface area contributed by atoms with Crippen LogP contribution in [0.1, 0.15) is 53.4 Å². The lowest BCUT2D eigenvalue weighted by Gasteiger charge is -2.37. The van der Waals surface area contributed by atoms with Crippen LogP contribution in [0.3, 0.4) is 0 Å². The number of hydrogen-bond donors (Lipinski definition) is 1. The number of ether oxygens (including phenoxy) is 1. The molecule has 4 nitrogen and oxygen atoms in total. The highest BCUT2D eigenvalue weighted by Gasteiger charge is 2.40. The molecule has 21 heavy (non-hydrogen) atoms. The highest BCUT2D eigenvalue weighted by Crippen LogP contribution is 2.26. The summed E-state index contributed by atoms with van der Waals surface area (Å²) in [6.07, 6.45) is 4.54. The second-order valence-corrected chi connectivity index (χ2v) is 7.43. The van der Waals surface area contributed by atoms with Crippen molar-refractivity contribution < 1.29 is 9.53 Å². The number of nitrogens with one attached hydrogen (secondary N) is 1. The fourth-order valence-corrected chi connectivity index (χ4v) is 3.56. The minimum absolute atomic E-state index is 0.0880. The van der Waals surface area contributed by atoms with E-state index in [1.54, 1.807) is 0 Å². The molecule has 0 spiro atoms. The molecular formula is C17H32N2O2. The number of carbonyl (C=O) groups is 1. The molecule has 3 atom stereocenters. The van der Waals surface area contributed by atoms with Crippen molar-refractivity contribution in [2.24, 2.45) is 11.8 Å². The average molecular weight is 296 g/mol. The molecule has 1 saturated heterocycles. The number of carbonyl (C=O) groups excluding carboxylic acids is 1. The summed E-state index contributed by atoms with van der Waals surface area (Å²) in [5.41, 5.74) is -0.527. The number of esters is 1. The van der Waals surface area contributed by atoms with Gasteiger partial charge < -0.3 is 9.64 Å². The van der Waals surface area contributed by atoms with Gasteiger partial charge in [0.05, 0.1) is 6.61 Å². The zero-order valence-corrected chi connectivity index (χ0v) is 14.2. The summed E-state index contributed by atoms with van der Waals surface area (Å²) in [6, 6.07) is 0.513. The molecule has 1 aliphatic heterocycles. The van der Waals surface area contributed by atoms with Crippen LogP contribution in [-0.2, 0) is 9.53 Å². The Morgan fingerprint density at radius 2 is 1.90 bits per heavy atom. The molecule has 1 N–H and O–H groups in total. The molecule has 0 amide bonds. The summed E-state index contributed by atoms with van der Waals surface area (Å²) in [4.78, 5) is 14.8. The molecule has 0 bridgehead atoms. The van der Waals surface area contributed by atoms with Crippen LogP contribution >= 0.6 is 0 Å². The lowest BCUT2D eigenvalue weighted by molar-refractivity contribution is -0.151. The highest BCUT2D eigenvalue weighted by molar-refractivity contribution is 5.80. The molecule has 3 unspecified atom stereocenters. The van der Waals surface area contributed by atoms with Crippen molar-refractivity contribution >= 4 is 5.97 Å². The van der Waals surface area contributed by atoms with E-state index >= 15 is 0 Å². The lowest BCUT2D eigenvalue weighted by atomic mass is 9.90. The minimum Gasteiger partial charge on any atom is -0.465 e. The fraction of sp³-hybridized carbons (Fsp3) is 0.941. The maximum Gasteiger partial charge on any atom is 0.326 e. The summed E-state index contributed by atoms with van der Waals surface area (Å²) in [5, 5.41) is 3.51. The van der Waals surface area contributed by atoms with Gasteiger partial charge in [0.1, 0.15) is 5.54 Å². The normalized spacial score (nSPS) is 29.9. The van der Waals surface area contributed by atoms with E-state index in [-0.39, 0.29) is 5.97 Å². The van der Waals surface area contributed by atoms with E-state index in [1.807, 2.05) is 13.8 Å². The molecule has 2 fully saturated rings. The third-order valence-corrected chi connectivity index (χ3v) is 4.70. The summed E-state index contributed by atoms with van der Waals surface area (Å²) in [7, 11) is 0. The molecular weight excluding hydrogens is 264 g/mol. The molecule has 2 rings (SSSR count). The van der Waals surface area contributed by atoms with Crippen LogP contribution in [0.15, 0.2) is 0 Å². The standard InChI is InChI=1S/C17H32N2O2/c1-5-21-16(20)17(4,18-15-6-7-15)8-9-19-11-13(2)10-14(3)12-19/h13-15,18H,5-12H2,1-4H3. The maximum atomic E-state index is 12.3. The fourth-order valence-electron chi connectivity index (χ4n) is 3.56. The van der Waals surface area contributed by atoms with E-state index in [2.05, 4.69) is 24.1 Å². The van der Waals surface area contributed by atoms with Gasteiger partial charge in [-0.3, -0.25) is 10.1 Å². The predicted molar refractivity (Wildman–Crippen MR) is 85.2 cm³/mol. The second-order valence-electron chi connectivity index (χ2n) is 7.43. The third-order valence-electron chi connectivity index (χ3n) is 4.70. The van der Waals surface area contributed by atoms with Gasteiger partial charge in [-0.1, -0.05) is 13.8 Å². The lowest BCUT2D eigenvalue weighted by Crippen LogP contribution is -2.54. The molecule has 0 aromatic carbocycles. The Morgan fingerprint density at radius 1 is 1.29 bits per heavy atom. The third kappa shape index (κ3) is 4.96. The molecule has 0 aromatic rings. The average Bonchev–Trinajstić information content (AvgIpc) is 3.19. The topological polar surface area (TPSA) is 41.6 Å². The zero-order chi connectivity index (χ0) is 15.5. The van der Waals surface area contributed by atoms with Gasteiger partial charge in [-0.05, 0) is 51.4 Å². The largest absolute Gasteiger partial charge is 0.465 e. The van der Waals surface area contributed by atoms with Gasteiger partial charge in [0.2, 0.25) is 0 Å². The van der Waals surface area contributed by atoms with Crippen LogP contribution in [-0.4, -0.2) is 48.7 Å². The van der Waals surface area contributed by atoms with Crippen LogP contribution in [0.25, 0.3) is 0 Å². The van der Waals surface area contributed by atoms with Crippen molar-refractivity contribution in [1.29, 1.82) is 0 Å². The number of nitrogens with zero attached hydrogens (tertiary/aromatic N) is 1. The second kappa shape index (κ2) is 7.10. The Hall–Kier alpha value is -0.610. The maximum absolute atomic E-state index is 12.3. The van der Waals surface area contributed by atoms with Crippen molar-refractivity contribution in [3.63, 3.8) is 0 Å². The van der Waals surface area contributed by atoms with Gasteiger partial charge in [-0.2, -0.15) is 0 Å². The van der Waals surface area contributed by atoms with Crippen molar-refractivity contribution in [1.82, 2.24) is 10.2 Å². The summed E-state index contributed by atoms with van der Waals surface area (Å²) < 4.78 is 5.30. The Bertz CT molecular complexity index is 347. The minimum atomic E-state index is -0.527. The van der Waals surface area contributed by atoms with Crippen LogP contribution in [0.4, 0.5) is 0 Å². The monoisotopic (exact) mass is 296 g/mol. The summed E-state index contributed by atoms with van der Waals surface area (Å²) in [5.74, 6) is 1.44. The van der Waals surface area contributed by atoms with E-state index < -0.39 is 5.54 Å². The Balaban J connectivity index is 1.90. The number of piperidine rings is 1. The van der Waals surface area contributed by atoms with Crippen LogP contribution in [0.2, 0.25) is 0 Å². The molecule has 1 heterocycles. The number of hydrogen-bond acceptors (Lipinski definition) is 4. The van der Waals surface area contributed by atoms with Crippen LogP contribution in [0.5, 0.6) is 0 Å². The van der Waals surface area contributed by atoms with Gasteiger partial charge in [0, 0.05) is 25.7 Å². The van der Waals surface area contributed by atoms with Crippen molar-refractivity contribution in [3.8, 4) is 0 Å². The summed E-state index contributed by atoms with van der Waals surface area (Å²) in [6.45, 7) is 12.3. The Kier molecular flexibility index (Phi) is 5.67. The van der Waals surface area contributed by atoms with E-state index in [0.717, 1.165) is 37.9 Å². The van der Waals surface area contributed by atoms with Gasteiger partial charge in [0.25, 0.3) is 0 Å². The summed E-state index contributed by atoms with van der Waals surface area (Å²) >= 11 is 0.